The summed E-state index contributed by atoms with van der Waals surface area (Å²) < 4.78 is 1.56. The average Bonchev–Trinajstić information content (AvgIpc) is 3.12. The molecule has 1 aromatic carbocycles. The van der Waals surface area contributed by atoms with Gasteiger partial charge in [-0.25, -0.2) is 4.68 Å². The molecule has 132 valence electrons. The Morgan fingerprint density at radius 2 is 1.96 bits per heavy atom. The van der Waals surface area contributed by atoms with Crippen LogP contribution in [0.5, 0.6) is 0 Å². The number of piperidine rings is 1. The lowest BCUT2D eigenvalue weighted by atomic mass is 9.97. The van der Waals surface area contributed by atoms with Crippen LogP contribution in [0, 0.1) is 16.0 Å². The second kappa shape index (κ2) is 7.43. The van der Waals surface area contributed by atoms with Crippen LogP contribution in [-0.4, -0.2) is 52.2 Å². The molecule has 2 aromatic rings. The summed E-state index contributed by atoms with van der Waals surface area (Å²) >= 11 is 0. The first kappa shape index (κ1) is 17.1. The molecule has 0 aliphatic carbocycles. The molecule has 0 unspecified atom stereocenters. The van der Waals surface area contributed by atoms with E-state index in [2.05, 4.69) is 10.4 Å². The quantitative estimate of drug-likeness (QED) is 0.660. The number of likely N-dealkylation sites (tertiary alicyclic amines) is 1. The van der Waals surface area contributed by atoms with Gasteiger partial charge in [-0.3, -0.25) is 14.9 Å². The fraction of sp³-hybridized carbons (Fsp3) is 0.412. The molecule has 1 saturated heterocycles. The minimum atomic E-state index is -0.445. The van der Waals surface area contributed by atoms with Crippen molar-refractivity contribution in [3.63, 3.8) is 0 Å². The minimum Gasteiger partial charge on any atom is -0.337 e. The van der Waals surface area contributed by atoms with E-state index >= 15 is 0 Å². The highest BCUT2D eigenvalue weighted by Gasteiger charge is 2.24. The first-order chi connectivity index (χ1) is 12.1. The molecule has 1 fully saturated rings. The topological polar surface area (TPSA) is 93.3 Å². The number of rotatable bonds is 5. The summed E-state index contributed by atoms with van der Waals surface area (Å²) in [5, 5.41) is 18.2. The smallest absolute Gasteiger partial charge is 0.274 e. The zero-order valence-electron chi connectivity index (χ0n) is 14.1. The first-order valence-corrected chi connectivity index (χ1v) is 8.33. The number of amides is 1. The summed E-state index contributed by atoms with van der Waals surface area (Å²) in [6.07, 6.45) is 3.69. The van der Waals surface area contributed by atoms with Crippen LogP contribution in [0.2, 0.25) is 0 Å². The van der Waals surface area contributed by atoms with Gasteiger partial charge in [0.05, 0.1) is 10.6 Å². The molecule has 0 radical (unpaired) electrons. The van der Waals surface area contributed by atoms with Crippen LogP contribution in [0.4, 0.5) is 5.69 Å². The van der Waals surface area contributed by atoms with E-state index in [-0.39, 0.29) is 11.6 Å². The van der Waals surface area contributed by atoms with Crippen molar-refractivity contribution in [1.82, 2.24) is 20.0 Å². The number of aromatic nitrogens is 2. The van der Waals surface area contributed by atoms with Gasteiger partial charge in [-0.05, 0) is 50.6 Å². The highest BCUT2D eigenvalue weighted by Crippen LogP contribution is 2.19. The van der Waals surface area contributed by atoms with Gasteiger partial charge in [-0.15, -0.1) is 0 Å². The predicted octanol–water partition coefficient (Wildman–Crippen LogP) is 1.85. The van der Waals surface area contributed by atoms with Crippen molar-refractivity contribution < 1.29 is 9.72 Å². The lowest BCUT2D eigenvalue weighted by Gasteiger charge is -2.31. The summed E-state index contributed by atoms with van der Waals surface area (Å²) in [6, 6.07) is 7.75. The van der Waals surface area contributed by atoms with Gasteiger partial charge in [-0.2, -0.15) is 5.10 Å². The Kier molecular flexibility index (Phi) is 5.08. The number of carbonyl (C=O) groups is 1. The molecule has 1 aliphatic heterocycles. The Morgan fingerprint density at radius 3 is 2.56 bits per heavy atom. The SMILES string of the molecule is CNCC1CCN(C(=O)c2ccn(-c3ccc([N+](=O)[O-])cc3)n2)CC1. The Labute approximate surface area is 145 Å². The van der Waals surface area contributed by atoms with Gasteiger partial charge in [0.15, 0.2) is 5.69 Å². The Morgan fingerprint density at radius 1 is 1.28 bits per heavy atom. The Hall–Kier alpha value is -2.74. The lowest BCUT2D eigenvalue weighted by Crippen LogP contribution is -2.40. The molecule has 0 bridgehead atoms. The van der Waals surface area contributed by atoms with Gasteiger partial charge in [0.1, 0.15) is 0 Å². The van der Waals surface area contributed by atoms with Crippen LogP contribution in [0.1, 0.15) is 23.3 Å². The molecule has 25 heavy (non-hydrogen) atoms. The van der Waals surface area contributed by atoms with Crippen LogP contribution < -0.4 is 5.32 Å². The number of carbonyl (C=O) groups excluding carboxylic acids is 1. The maximum absolute atomic E-state index is 12.6. The summed E-state index contributed by atoms with van der Waals surface area (Å²) in [5.41, 5.74) is 1.10. The minimum absolute atomic E-state index is 0.0247. The van der Waals surface area contributed by atoms with Crippen LogP contribution >= 0.6 is 0 Å². The normalized spacial score (nSPS) is 15.3. The number of nitro benzene ring substituents is 1. The monoisotopic (exact) mass is 343 g/mol. The van der Waals surface area contributed by atoms with E-state index in [1.54, 1.807) is 29.1 Å². The maximum atomic E-state index is 12.6. The van der Waals surface area contributed by atoms with Crippen molar-refractivity contribution in [3.8, 4) is 5.69 Å². The average molecular weight is 343 g/mol. The van der Waals surface area contributed by atoms with E-state index in [0.29, 0.717) is 17.3 Å². The highest BCUT2D eigenvalue weighted by molar-refractivity contribution is 5.92. The van der Waals surface area contributed by atoms with Gasteiger partial charge in [-0.1, -0.05) is 0 Å². The Bertz CT molecular complexity index is 748. The van der Waals surface area contributed by atoms with Crippen molar-refractivity contribution in [2.45, 2.75) is 12.8 Å². The molecule has 0 atom stereocenters. The van der Waals surface area contributed by atoms with Crippen LogP contribution in [0.3, 0.4) is 0 Å². The number of benzene rings is 1. The molecule has 1 N–H and O–H groups in total. The van der Waals surface area contributed by atoms with Gasteiger partial charge in [0, 0.05) is 31.4 Å². The van der Waals surface area contributed by atoms with Crippen molar-refractivity contribution in [1.29, 1.82) is 0 Å². The third-order valence-electron chi connectivity index (χ3n) is 4.53. The van der Waals surface area contributed by atoms with E-state index in [1.165, 1.54) is 12.1 Å². The number of non-ortho nitro benzene ring substituents is 1. The zero-order valence-corrected chi connectivity index (χ0v) is 14.1. The number of nitro groups is 1. The van der Waals surface area contributed by atoms with Gasteiger partial charge in [0.2, 0.25) is 0 Å². The molecular formula is C17H21N5O3. The molecule has 3 rings (SSSR count). The van der Waals surface area contributed by atoms with E-state index in [1.807, 2.05) is 11.9 Å². The van der Waals surface area contributed by atoms with Gasteiger partial charge in [0.25, 0.3) is 11.6 Å². The number of nitrogens with zero attached hydrogens (tertiary/aromatic N) is 4. The number of nitrogens with one attached hydrogen (secondary N) is 1. The fourth-order valence-corrected chi connectivity index (χ4v) is 3.10. The molecule has 2 heterocycles. The van der Waals surface area contributed by atoms with E-state index in [4.69, 9.17) is 0 Å². The van der Waals surface area contributed by atoms with Crippen molar-refractivity contribution in [2.24, 2.45) is 5.92 Å². The number of hydrogen-bond acceptors (Lipinski definition) is 5. The largest absolute Gasteiger partial charge is 0.337 e. The predicted molar refractivity (Wildman–Crippen MR) is 92.8 cm³/mol. The van der Waals surface area contributed by atoms with Crippen molar-refractivity contribution in [2.75, 3.05) is 26.7 Å². The summed E-state index contributed by atoms with van der Waals surface area (Å²) in [4.78, 5) is 24.7. The van der Waals surface area contributed by atoms with Crippen molar-refractivity contribution in [3.05, 3.63) is 52.3 Å². The van der Waals surface area contributed by atoms with Gasteiger partial charge < -0.3 is 10.2 Å². The lowest BCUT2D eigenvalue weighted by molar-refractivity contribution is -0.384. The van der Waals surface area contributed by atoms with Crippen LogP contribution in [-0.2, 0) is 0 Å². The second-order valence-electron chi connectivity index (χ2n) is 6.21. The molecule has 0 spiro atoms. The zero-order chi connectivity index (χ0) is 17.8. The van der Waals surface area contributed by atoms with E-state index < -0.39 is 4.92 Å². The maximum Gasteiger partial charge on any atom is 0.274 e. The Balaban J connectivity index is 1.67. The summed E-state index contributed by atoms with van der Waals surface area (Å²) in [6.45, 7) is 2.47. The first-order valence-electron chi connectivity index (χ1n) is 8.33. The van der Waals surface area contributed by atoms with Gasteiger partial charge >= 0.3 is 0 Å². The fourth-order valence-electron chi connectivity index (χ4n) is 3.10. The van der Waals surface area contributed by atoms with Crippen molar-refractivity contribution >= 4 is 11.6 Å². The molecule has 1 amide bonds. The molecule has 8 heteroatoms. The van der Waals surface area contributed by atoms with E-state index in [9.17, 15) is 14.9 Å². The van der Waals surface area contributed by atoms with E-state index in [0.717, 1.165) is 32.5 Å². The molecule has 8 nitrogen and oxygen atoms in total. The standard InChI is InChI=1S/C17H21N5O3/c1-18-12-13-6-9-20(10-7-13)17(23)16-8-11-21(19-16)14-2-4-15(5-3-14)22(24)25/h2-5,8,11,13,18H,6-7,9-10,12H2,1H3. The summed E-state index contributed by atoms with van der Waals surface area (Å²) in [7, 11) is 1.95. The number of hydrogen-bond donors (Lipinski definition) is 1. The summed E-state index contributed by atoms with van der Waals surface area (Å²) in [5.74, 6) is 0.551. The molecule has 0 saturated carbocycles. The highest BCUT2D eigenvalue weighted by atomic mass is 16.6. The van der Waals surface area contributed by atoms with Crippen LogP contribution in [0.25, 0.3) is 5.69 Å². The third-order valence-corrected chi connectivity index (χ3v) is 4.53. The molecule has 1 aliphatic rings. The molecule has 1 aromatic heterocycles. The van der Waals surface area contributed by atoms with Crippen LogP contribution in [0.15, 0.2) is 36.5 Å². The molecular weight excluding hydrogens is 322 g/mol. The third kappa shape index (κ3) is 3.85. The second-order valence-corrected chi connectivity index (χ2v) is 6.21.